The Morgan fingerprint density at radius 2 is 1.19 bits per heavy atom. The number of methoxy groups -OCH3 is 1. The van der Waals surface area contributed by atoms with Crippen molar-refractivity contribution >= 4 is 59.4 Å². The molecule has 2 aromatic heterocycles. The summed E-state index contributed by atoms with van der Waals surface area (Å²) in [5.41, 5.74) is 8.05. The quantitative estimate of drug-likeness (QED) is 0.0648. The van der Waals surface area contributed by atoms with Crippen molar-refractivity contribution in [3.05, 3.63) is 147 Å². The van der Waals surface area contributed by atoms with E-state index in [1.165, 1.54) is 36.3 Å². The molecule has 0 radical (unpaired) electrons. The number of aromatic nitrogens is 2. The first-order valence-electron chi connectivity index (χ1n) is 22.9. The van der Waals surface area contributed by atoms with Crippen LogP contribution in [-0.2, 0) is 40.3 Å². The number of rotatable bonds is 13. The number of esters is 1. The van der Waals surface area contributed by atoms with Crippen LogP contribution in [0.25, 0.3) is 27.4 Å². The minimum Gasteiger partial charge on any atom is -0.541 e. The van der Waals surface area contributed by atoms with Crippen LogP contribution in [0.4, 0.5) is 8.78 Å². The number of phenolic OH excluding ortho intramolecular Hbond substituents is 1. The van der Waals surface area contributed by atoms with Gasteiger partial charge in [-0.25, -0.2) is 13.6 Å². The van der Waals surface area contributed by atoms with Crippen LogP contribution in [0.15, 0.2) is 79.6 Å². The lowest BCUT2D eigenvalue weighted by Crippen LogP contribution is -2.51. The fourth-order valence-electron chi connectivity index (χ4n) is 10.3. The summed E-state index contributed by atoms with van der Waals surface area (Å²) in [5.74, 6) is -3.33. The Hall–Kier alpha value is -7.00. The normalized spacial score (nSPS) is 13.8. The number of carboxylic acids is 1. The first-order valence-corrected chi connectivity index (χ1v) is 25.1. The first kappa shape index (κ1) is 49.9. The topological polar surface area (TPSA) is 159 Å². The molecule has 12 nitrogen and oxygen atoms in total. The highest BCUT2D eigenvalue weighted by Crippen LogP contribution is 2.49. The molecular weight excluding hydrogens is 899 g/mol. The number of pyridine rings is 2. The van der Waals surface area contributed by atoms with Crippen molar-refractivity contribution in [2.45, 2.75) is 96.9 Å². The first-order chi connectivity index (χ1) is 32.6. The van der Waals surface area contributed by atoms with Crippen molar-refractivity contribution in [2.24, 2.45) is 0 Å². The molecular formula is C54H58F2N4O8Si. The van der Waals surface area contributed by atoms with E-state index in [2.05, 4.69) is 53.1 Å². The largest absolute Gasteiger partial charge is 0.541 e. The molecule has 2 aliphatic rings. The van der Waals surface area contributed by atoms with Gasteiger partial charge in [0.05, 0.1) is 29.7 Å². The standard InChI is InChI=1S/C32H39FN2O4Si.C22H19FN2O4/c1-18(2)40(19(3)4,20(5)6)39-30-28-26(17-35(8)31(28)36)27(21(7)32(37)38-9)25-15-23(16-34-29(25)30)14-22-10-12-24(33)13-11-22;1-11(22(28)29)17-15-8-13(7-12-3-5-14(23)6-4-12)9-24-19(15)20(26)18-16(17)10-25(2)21(18)27/h10-13,15-16,18-20H,7,14,17H2,1-6,8-9H3;3-6,8-9,11,26H,7,10H2,1-2H3,(H,28,29). The van der Waals surface area contributed by atoms with Gasteiger partial charge in [0, 0.05) is 55.9 Å². The molecule has 1 unspecified atom stereocenters. The van der Waals surface area contributed by atoms with Crippen LogP contribution in [0, 0.1) is 11.6 Å². The third-order valence-corrected chi connectivity index (χ3v) is 19.6. The average Bonchev–Trinajstić information content (AvgIpc) is 3.77. The maximum atomic E-state index is 13.7. The fraction of sp³-hybridized carbons (Fsp3) is 0.333. The number of phenols is 1. The minimum absolute atomic E-state index is 0.127. The Morgan fingerprint density at radius 1 is 0.725 bits per heavy atom. The summed E-state index contributed by atoms with van der Waals surface area (Å²) in [5, 5.41) is 21.6. The maximum Gasteiger partial charge on any atom is 0.337 e. The van der Waals surface area contributed by atoms with Crippen molar-refractivity contribution in [1.29, 1.82) is 0 Å². The van der Waals surface area contributed by atoms with Crippen LogP contribution in [0.2, 0.25) is 16.6 Å². The number of halogens is 2. The van der Waals surface area contributed by atoms with Crippen LogP contribution in [-0.4, -0.2) is 83.3 Å². The number of benzene rings is 4. The van der Waals surface area contributed by atoms with Crippen molar-refractivity contribution < 1.29 is 47.3 Å². The summed E-state index contributed by atoms with van der Waals surface area (Å²) in [7, 11) is 2.17. The van der Waals surface area contributed by atoms with Gasteiger partial charge >= 0.3 is 11.9 Å². The lowest BCUT2D eigenvalue weighted by atomic mass is 9.88. The third kappa shape index (κ3) is 9.19. The Labute approximate surface area is 401 Å². The van der Waals surface area contributed by atoms with E-state index in [1.807, 2.05) is 6.07 Å². The molecule has 2 amide bonds. The van der Waals surface area contributed by atoms with E-state index in [0.717, 1.165) is 22.3 Å². The second kappa shape index (κ2) is 19.5. The number of carbonyl (C=O) groups is 4. The SMILES string of the molecule is C=C(C(=O)OC)c1c2c(c(O[Si](C(C)C)(C(C)C)C(C)C)c3ncc(Cc4ccc(F)cc4)cc13)C(=O)N(C)C2.CC(C(=O)O)c1c2c(c(O)c3ncc(Cc4ccc(F)cc4)cc13)C(=O)N(C)C2. The van der Waals surface area contributed by atoms with Gasteiger partial charge in [0.2, 0.25) is 0 Å². The van der Waals surface area contributed by atoms with E-state index in [9.17, 15) is 38.2 Å². The van der Waals surface area contributed by atoms with Crippen molar-refractivity contribution in [1.82, 2.24) is 19.8 Å². The molecule has 1 atom stereocenters. The van der Waals surface area contributed by atoms with E-state index in [1.54, 1.807) is 68.6 Å². The van der Waals surface area contributed by atoms with E-state index >= 15 is 0 Å². The maximum absolute atomic E-state index is 13.7. The van der Waals surface area contributed by atoms with E-state index in [0.29, 0.717) is 69.2 Å². The molecule has 2 aliphatic heterocycles. The number of aromatic hydroxyl groups is 1. The van der Waals surface area contributed by atoms with Crippen LogP contribution in [0.5, 0.6) is 11.5 Å². The lowest BCUT2D eigenvalue weighted by Gasteiger charge is -2.42. The van der Waals surface area contributed by atoms with Crippen LogP contribution in [0.3, 0.4) is 0 Å². The van der Waals surface area contributed by atoms with Gasteiger partial charge in [-0.3, -0.25) is 24.4 Å². The second-order valence-corrected chi connectivity index (χ2v) is 24.4. The van der Waals surface area contributed by atoms with Gasteiger partial charge in [-0.15, -0.1) is 0 Å². The van der Waals surface area contributed by atoms with Crippen molar-refractivity contribution in [3.8, 4) is 11.5 Å². The predicted molar refractivity (Wildman–Crippen MR) is 264 cm³/mol. The molecule has 0 saturated carbocycles. The highest BCUT2D eigenvalue weighted by atomic mass is 28.4. The number of carbonyl (C=O) groups excluding carboxylic acids is 3. The molecule has 4 heterocycles. The van der Waals surface area contributed by atoms with Crippen LogP contribution < -0.4 is 4.43 Å². The second-order valence-electron chi connectivity index (χ2n) is 19.0. The highest BCUT2D eigenvalue weighted by Gasteiger charge is 2.49. The number of hydrogen-bond acceptors (Lipinski definition) is 9. The fourth-order valence-corrected chi connectivity index (χ4v) is 15.6. The molecule has 2 N–H and O–H groups in total. The third-order valence-electron chi connectivity index (χ3n) is 13.7. The molecule has 360 valence electrons. The molecule has 8 rings (SSSR count). The lowest BCUT2D eigenvalue weighted by molar-refractivity contribution is -0.138. The van der Waals surface area contributed by atoms with Gasteiger partial charge in [-0.2, -0.15) is 0 Å². The number of nitrogens with zero attached hydrogens (tertiary/aromatic N) is 4. The number of carboxylic acid groups (broad SMARTS) is 1. The molecule has 4 aromatic carbocycles. The monoisotopic (exact) mass is 956 g/mol. The zero-order chi connectivity index (χ0) is 50.4. The van der Waals surface area contributed by atoms with Crippen molar-refractivity contribution in [2.75, 3.05) is 21.2 Å². The van der Waals surface area contributed by atoms with Crippen molar-refractivity contribution in [3.63, 3.8) is 0 Å². The highest BCUT2D eigenvalue weighted by molar-refractivity contribution is 6.78. The molecule has 69 heavy (non-hydrogen) atoms. The van der Waals surface area contributed by atoms with Crippen LogP contribution >= 0.6 is 0 Å². The Balaban J connectivity index is 0.000000214. The van der Waals surface area contributed by atoms with Gasteiger partial charge in [-0.1, -0.05) is 72.4 Å². The summed E-state index contributed by atoms with van der Waals surface area (Å²) in [6, 6.07) is 16.2. The summed E-state index contributed by atoms with van der Waals surface area (Å²) in [6.45, 7) is 19.4. The van der Waals surface area contributed by atoms with E-state index in [4.69, 9.17) is 14.1 Å². The Morgan fingerprint density at radius 3 is 1.67 bits per heavy atom. The zero-order valence-corrected chi connectivity index (χ0v) is 41.7. The van der Waals surface area contributed by atoms with Gasteiger partial charge in [-0.05, 0) is 112 Å². The molecule has 0 saturated heterocycles. The van der Waals surface area contributed by atoms with Gasteiger partial charge < -0.3 is 29.2 Å². The number of fused-ring (bicyclic) bond motifs is 4. The van der Waals surface area contributed by atoms with Crippen LogP contribution in [0.1, 0.15) is 120 Å². The predicted octanol–water partition coefficient (Wildman–Crippen LogP) is 10.7. The number of amides is 2. The molecule has 0 spiro atoms. The molecule has 0 fully saturated rings. The number of ether oxygens (including phenoxy) is 1. The summed E-state index contributed by atoms with van der Waals surface area (Å²) in [6.07, 6.45) is 4.33. The Kier molecular flexibility index (Phi) is 14.1. The van der Waals surface area contributed by atoms with Gasteiger partial charge in [0.1, 0.15) is 28.4 Å². The minimum atomic E-state index is -2.49. The molecule has 0 bridgehead atoms. The molecule has 15 heteroatoms. The Bertz CT molecular complexity index is 3020. The molecule has 6 aromatic rings. The van der Waals surface area contributed by atoms with E-state index in [-0.39, 0.29) is 69.0 Å². The smallest absolute Gasteiger partial charge is 0.337 e. The molecule has 0 aliphatic carbocycles. The number of aliphatic carboxylic acids is 1. The summed E-state index contributed by atoms with van der Waals surface area (Å²) in [4.78, 5) is 63.1. The zero-order valence-electron chi connectivity index (χ0n) is 40.7. The van der Waals surface area contributed by atoms with E-state index < -0.39 is 26.2 Å². The van der Waals surface area contributed by atoms with Gasteiger partial charge in [0.15, 0.2) is 5.75 Å². The van der Waals surface area contributed by atoms with Gasteiger partial charge in [0.25, 0.3) is 20.1 Å². The number of hydrogen-bond donors (Lipinski definition) is 2. The summed E-state index contributed by atoms with van der Waals surface area (Å²) >= 11 is 0. The summed E-state index contributed by atoms with van der Waals surface area (Å²) < 4.78 is 38.9. The average molecular weight is 957 g/mol.